The molecule has 168 valence electrons. The van der Waals surface area contributed by atoms with Crippen molar-refractivity contribution in [2.75, 3.05) is 13.2 Å². The first-order valence-corrected chi connectivity index (χ1v) is 11.4. The number of fused-ring (bicyclic) bond motifs is 3. The fourth-order valence-electron chi connectivity index (χ4n) is 5.14. The predicted octanol–water partition coefficient (Wildman–Crippen LogP) is 4.72. The molecule has 33 heavy (non-hydrogen) atoms. The number of ether oxygens (including phenoxy) is 2. The quantitative estimate of drug-likeness (QED) is 0.536. The van der Waals surface area contributed by atoms with E-state index < -0.39 is 11.8 Å². The lowest BCUT2D eigenvalue weighted by Crippen LogP contribution is -2.52. The number of nitrogens with zero attached hydrogens (tertiary/aromatic N) is 1. The van der Waals surface area contributed by atoms with E-state index in [9.17, 15) is 9.59 Å². The molecule has 1 fully saturated rings. The van der Waals surface area contributed by atoms with Gasteiger partial charge in [0.05, 0.1) is 12.2 Å². The van der Waals surface area contributed by atoms with Gasteiger partial charge in [-0.25, -0.2) is 14.5 Å². The molecule has 5 nitrogen and oxygen atoms in total. The van der Waals surface area contributed by atoms with Crippen molar-refractivity contribution in [1.82, 2.24) is 4.90 Å². The Hall–Kier alpha value is -3.44. The molecule has 5 heteroatoms. The number of hydrogen-bond donors (Lipinski definition) is 0. The summed E-state index contributed by atoms with van der Waals surface area (Å²) >= 11 is 0. The van der Waals surface area contributed by atoms with E-state index in [0.717, 1.165) is 34.2 Å². The molecule has 3 aromatic carbocycles. The highest BCUT2D eigenvalue weighted by Gasteiger charge is 2.59. The summed E-state index contributed by atoms with van der Waals surface area (Å²) in [4.78, 5) is 28.6. The van der Waals surface area contributed by atoms with Crippen molar-refractivity contribution in [2.45, 2.75) is 38.5 Å². The molecule has 0 radical (unpaired) electrons. The van der Waals surface area contributed by atoms with E-state index >= 15 is 0 Å². The molecule has 0 saturated carbocycles. The highest BCUT2D eigenvalue weighted by atomic mass is 16.6. The molecular weight excluding hydrogens is 414 g/mol. The van der Waals surface area contributed by atoms with Crippen LogP contribution in [0.2, 0.25) is 0 Å². The Morgan fingerprint density at radius 3 is 2.58 bits per heavy atom. The maximum Gasteiger partial charge on any atom is 0.338 e. The lowest BCUT2D eigenvalue weighted by molar-refractivity contribution is -0.146. The molecule has 0 bridgehead atoms. The smallest absolute Gasteiger partial charge is 0.338 e. The van der Waals surface area contributed by atoms with Gasteiger partial charge in [0.15, 0.2) is 11.8 Å². The zero-order valence-electron chi connectivity index (χ0n) is 18.9. The zero-order valence-corrected chi connectivity index (χ0v) is 18.9. The van der Waals surface area contributed by atoms with Gasteiger partial charge in [-0.2, -0.15) is 0 Å². The third-order valence-electron chi connectivity index (χ3n) is 6.74. The van der Waals surface area contributed by atoms with Crippen LogP contribution < -0.4 is 0 Å². The van der Waals surface area contributed by atoms with E-state index in [1.807, 2.05) is 67.6 Å². The first kappa shape index (κ1) is 21.4. The van der Waals surface area contributed by atoms with E-state index in [-0.39, 0.29) is 11.9 Å². The van der Waals surface area contributed by atoms with Crippen LogP contribution in [-0.2, 0) is 32.6 Å². The molecule has 0 aliphatic carbocycles. The van der Waals surface area contributed by atoms with E-state index in [1.54, 1.807) is 13.0 Å². The van der Waals surface area contributed by atoms with Gasteiger partial charge in [-0.05, 0) is 43.0 Å². The third-order valence-corrected chi connectivity index (χ3v) is 6.74. The third kappa shape index (κ3) is 3.53. The van der Waals surface area contributed by atoms with Crippen LogP contribution in [0, 0.1) is 6.92 Å². The molecule has 0 spiro atoms. The predicted molar refractivity (Wildman–Crippen MR) is 125 cm³/mol. The molecule has 2 heterocycles. The number of cyclic esters (lactones) is 1. The number of carbonyl (C=O) groups excluding carboxylic acids is 2. The second kappa shape index (κ2) is 8.49. The van der Waals surface area contributed by atoms with Crippen molar-refractivity contribution in [3.8, 4) is 0 Å². The molecule has 0 N–H and O–H groups in total. The summed E-state index contributed by atoms with van der Waals surface area (Å²) in [5.41, 5.74) is 4.46. The highest BCUT2D eigenvalue weighted by Crippen LogP contribution is 2.50. The van der Waals surface area contributed by atoms with Gasteiger partial charge in [0, 0.05) is 18.5 Å². The van der Waals surface area contributed by atoms with Gasteiger partial charge in [0.1, 0.15) is 0 Å². The second-order valence-corrected chi connectivity index (χ2v) is 8.68. The van der Waals surface area contributed by atoms with Gasteiger partial charge in [0.2, 0.25) is 0 Å². The zero-order chi connectivity index (χ0) is 23.0. The molecule has 0 amide bonds. The standard InChI is InChI=1S/C28H27NO4/c1-3-32-26(30)23-10-6-4-9-22(23)18-28-24-11-7-5-8-20(24)16-17-29(28)25(33-27(28)31)21-14-12-19(2)13-15-21/h4-15,25H,3,16-18H2,1-2H3. The average molecular weight is 442 g/mol. The first-order valence-electron chi connectivity index (χ1n) is 11.4. The Bertz CT molecular complexity index is 1200. The summed E-state index contributed by atoms with van der Waals surface area (Å²) < 4.78 is 11.4. The molecule has 2 aliphatic heterocycles. The molecule has 3 aromatic rings. The van der Waals surface area contributed by atoms with Gasteiger partial charge in [-0.15, -0.1) is 0 Å². The number of rotatable bonds is 5. The van der Waals surface area contributed by atoms with E-state index in [0.29, 0.717) is 25.1 Å². The largest absolute Gasteiger partial charge is 0.462 e. The van der Waals surface area contributed by atoms with Crippen molar-refractivity contribution in [2.24, 2.45) is 0 Å². The van der Waals surface area contributed by atoms with Gasteiger partial charge in [-0.1, -0.05) is 72.3 Å². The summed E-state index contributed by atoms with van der Waals surface area (Å²) in [7, 11) is 0. The minimum absolute atomic E-state index is 0.279. The average Bonchev–Trinajstić information content (AvgIpc) is 3.12. The maximum atomic E-state index is 13.8. The minimum atomic E-state index is -1.01. The van der Waals surface area contributed by atoms with Crippen LogP contribution in [0.3, 0.4) is 0 Å². The minimum Gasteiger partial charge on any atom is -0.462 e. The highest BCUT2D eigenvalue weighted by molar-refractivity contribution is 5.92. The number of aryl methyl sites for hydroxylation is 1. The fraction of sp³-hybridized carbons (Fsp3) is 0.286. The Kier molecular flexibility index (Phi) is 5.51. The Balaban J connectivity index is 1.64. The van der Waals surface area contributed by atoms with Crippen molar-refractivity contribution in [1.29, 1.82) is 0 Å². The van der Waals surface area contributed by atoms with Crippen LogP contribution >= 0.6 is 0 Å². The number of carbonyl (C=O) groups is 2. The van der Waals surface area contributed by atoms with Crippen molar-refractivity contribution < 1.29 is 19.1 Å². The van der Waals surface area contributed by atoms with Crippen molar-refractivity contribution in [3.63, 3.8) is 0 Å². The van der Waals surface area contributed by atoms with Crippen LogP contribution in [0.4, 0.5) is 0 Å². The van der Waals surface area contributed by atoms with E-state index in [1.165, 1.54) is 0 Å². The summed E-state index contributed by atoms with van der Waals surface area (Å²) in [5, 5.41) is 0. The van der Waals surface area contributed by atoms with Crippen LogP contribution in [0.1, 0.15) is 51.3 Å². The summed E-state index contributed by atoms with van der Waals surface area (Å²) in [5.74, 6) is -0.652. The van der Waals surface area contributed by atoms with Gasteiger partial charge < -0.3 is 9.47 Å². The number of hydrogen-bond acceptors (Lipinski definition) is 5. The lowest BCUT2D eigenvalue weighted by Gasteiger charge is -2.41. The SMILES string of the molecule is CCOC(=O)c1ccccc1CC12C(=O)OC(c3ccc(C)cc3)N1CCc1ccccc12. The molecule has 5 rings (SSSR count). The maximum absolute atomic E-state index is 13.8. The van der Waals surface area contributed by atoms with Crippen LogP contribution in [-0.4, -0.2) is 30.0 Å². The van der Waals surface area contributed by atoms with Crippen molar-refractivity contribution >= 4 is 11.9 Å². The number of benzene rings is 3. The molecule has 2 atom stereocenters. The monoisotopic (exact) mass is 441 g/mol. The summed E-state index contributed by atoms with van der Waals surface area (Å²) in [6.45, 7) is 4.81. The molecule has 1 saturated heterocycles. The Morgan fingerprint density at radius 2 is 1.79 bits per heavy atom. The normalized spacial score (nSPS) is 21.8. The summed E-state index contributed by atoms with van der Waals surface area (Å²) in [6.07, 6.45) is 0.692. The van der Waals surface area contributed by atoms with E-state index in [4.69, 9.17) is 9.47 Å². The van der Waals surface area contributed by atoms with Crippen molar-refractivity contribution in [3.05, 3.63) is 106 Å². The van der Waals surface area contributed by atoms with Gasteiger partial charge >= 0.3 is 11.9 Å². The Morgan fingerprint density at radius 1 is 1.06 bits per heavy atom. The molecule has 2 unspecified atom stereocenters. The molecule has 2 aliphatic rings. The first-order chi connectivity index (χ1) is 16.0. The summed E-state index contributed by atoms with van der Waals surface area (Å²) in [6, 6.07) is 23.6. The molecular formula is C28H27NO4. The van der Waals surface area contributed by atoms with E-state index in [2.05, 4.69) is 11.0 Å². The van der Waals surface area contributed by atoms with Crippen LogP contribution in [0.25, 0.3) is 0 Å². The van der Waals surface area contributed by atoms with Crippen LogP contribution in [0.15, 0.2) is 72.8 Å². The number of esters is 2. The Labute approximate surface area is 193 Å². The van der Waals surface area contributed by atoms with Crippen LogP contribution in [0.5, 0.6) is 0 Å². The fourth-order valence-corrected chi connectivity index (χ4v) is 5.14. The topological polar surface area (TPSA) is 55.8 Å². The second-order valence-electron chi connectivity index (χ2n) is 8.68. The van der Waals surface area contributed by atoms with Gasteiger partial charge in [0.25, 0.3) is 0 Å². The molecule has 0 aromatic heterocycles. The van der Waals surface area contributed by atoms with Gasteiger partial charge in [-0.3, -0.25) is 0 Å². The lowest BCUT2D eigenvalue weighted by atomic mass is 9.76.